The summed E-state index contributed by atoms with van der Waals surface area (Å²) in [7, 11) is 3.13. The first-order valence-corrected chi connectivity index (χ1v) is 20.3. The van der Waals surface area contributed by atoms with Crippen LogP contribution in [0.15, 0.2) is 89.2 Å². The van der Waals surface area contributed by atoms with Gasteiger partial charge in [0, 0.05) is 73.4 Å². The number of hydrogen-bond donors (Lipinski definition) is 6. The molecule has 4 heterocycles. The summed E-state index contributed by atoms with van der Waals surface area (Å²) in [5.41, 5.74) is 16.1. The quantitative estimate of drug-likeness (QED) is 0.103. The molecule has 0 saturated carbocycles. The topological polar surface area (TPSA) is 210 Å². The van der Waals surface area contributed by atoms with E-state index in [0.29, 0.717) is 45.8 Å². The fourth-order valence-electron chi connectivity index (χ4n) is 6.99. The fraction of sp³-hybridized carbons (Fsp3) is 0.333. The van der Waals surface area contributed by atoms with E-state index in [1.54, 1.807) is 38.7 Å². The van der Waals surface area contributed by atoms with Crippen molar-refractivity contribution in [3.05, 3.63) is 101 Å². The van der Waals surface area contributed by atoms with Gasteiger partial charge >= 0.3 is 0 Å². The number of halogens is 1. The van der Waals surface area contributed by atoms with Crippen molar-refractivity contribution in [2.24, 2.45) is 11.5 Å². The number of pyridine rings is 2. The van der Waals surface area contributed by atoms with Crippen molar-refractivity contribution in [3.63, 3.8) is 0 Å². The molecule has 3 aromatic heterocycles. The van der Waals surface area contributed by atoms with Gasteiger partial charge in [-0.1, -0.05) is 47.6 Å². The van der Waals surface area contributed by atoms with Gasteiger partial charge in [-0.3, -0.25) is 19.2 Å². The van der Waals surface area contributed by atoms with Crippen LogP contribution in [-0.4, -0.2) is 82.3 Å². The summed E-state index contributed by atoms with van der Waals surface area (Å²) in [6.45, 7) is 0.673. The van der Waals surface area contributed by atoms with Gasteiger partial charge in [0.15, 0.2) is 0 Å². The fourth-order valence-corrected chi connectivity index (χ4v) is 8.34. The van der Waals surface area contributed by atoms with E-state index in [1.807, 2.05) is 54.7 Å². The molecule has 2 aromatic carbocycles. The number of likely N-dealkylation sites (N-methyl/N-ethyl adjacent to an activating group) is 1. The smallest absolute Gasteiger partial charge is 0.245 e. The van der Waals surface area contributed by atoms with Crippen LogP contribution in [0.2, 0.25) is 5.02 Å². The van der Waals surface area contributed by atoms with Crippen molar-refractivity contribution in [1.29, 1.82) is 0 Å². The number of unbranched alkanes of at least 4 members (excludes halogenated alkanes) is 1. The van der Waals surface area contributed by atoms with Gasteiger partial charge in [0.25, 0.3) is 0 Å². The number of nitrogens with zero attached hydrogens (tertiary/aromatic N) is 3. The molecule has 14 nitrogen and oxygen atoms in total. The van der Waals surface area contributed by atoms with Crippen LogP contribution in [0.4, 0.5) is 0 Å². The van der Waals surface area contributed by atoms with Crippen LogP contribution < -0.4 is 32.2 Å². The summed E-state index contributed by atoms with van der Waals surface area (Å²) in [5, 5.41) is 11.3. The number of para-hydroxylation sites is 1. The Morgan fingerprint density at radius 2 is 1.78 bits per heavy atom. The molecule has 58 heavy (non-hydrogen) atoms. The first-order valence-electron chi connectivity index (χ1n) is 19.1. The van der Waals surface area contributed by atoms with E-state index in [4.69, 9.17) is 27.8 Å². The molecule has 1 aliphatic heterocycles. The summed E-state index contributed by atoms with van der Waals surface area (Å²) in [4.78, 5) is 69.4. The van der Waals surface area contributed by atoms with Crippen LogP contribution in [0, 0.1) is 0 Å². The second-order valence-electron chi connectivity index (χ2n) is 14.1. The van der Waals surface area contributed by atoms with Crippen molar-refractivity contribution in [2.45, 2.75) is 79.7 Å². The predicted octanol–water partition coefficient (Wildman–Crippen LogP) is 4.48. The van der Waals surface area contributed by atoms with Crippen LogP contribution in [0.1, 0.15) is 48.8 Å². The number of H-pyrrole nitrogens is 1. The maximum absolute atomic E-state index is 14.6. The summed E-state index contributed by atoms with van der Waals surface area (Å²) >= 11 is 8.45. The Bertz CT molecular complexity index is 2270. The van der Waals surface area contributed by atoms with Crippen molar-refractivity contribution < 1.29 is 23.9 Å². The highest BCUT2D eigenvalue weighted by Gasteiger charge is 2.34. The lowest BCUT2D eigenvalue weighted by Gasteiger charge is -2.32. The van der Waals surface area contributed by atoms with Gasteiger partial charge in [-0.15, -0.1) is 0 Å². The van der Waals surface area contributed by atoms with Crippen molar-refractivity contribution in [1.82, 2.24) is 35.8 Å². The van der Waals surface area contributed by atoms with Gasteiger partial charge in [-0.2, -0.15) is 0 Å². The number of hydrogen-bond acceptors (Lipinski definition) is 10. The molecule has 0 bridgehead atoms. The highest BCUT2D eigenvalue weighted by Crippen LogP contribution is 2.40. The molecule has 0 aliphatic carbocycles. The minimum absolute atomic E-state index is 0.0625. The third-order valence-corrected chi connectivity index (χ3v) is 11.9. The standard InChI is InChI=1S/C42H48ClN9O5S/c1-52-35(20-28-23-48-32-10-4-3-9-30(28)32)40(55)50-24-29-18-27(25-14-17-46-37(21-25)57-2)19-31(43)38(29)58-41-26(8-7-16-47-41)22-49-33(12-13-36(45)53)39(54)51-34(42(52)56)11-5-6-15-44/h3-4,7-10,14,16-19,21,23,33-35,48-49H,5-6,11-13,15,20,22,24,44H2,1-2H3,(H2,45,53)(H,50,55)(H,51,54)/t33-,34-,35-/m0/s1. The van der Waals surface area contributed by atoms with E-state index >= 15 is 0 Å². The summed E-state index contributed by atoms with van der Waals surface area (Å²) in [6, 6.07) is 16.0. The molecule has 16 heteroatoms. The molecule has 0 unspecified atom stereocenters. The lowest BCUT2D eigenvalue weighted by molar-refractivity contribution is -0.142. The largest absolute Gasteiger partial charge is 0.481 e. The third-order valence-electron chi connectivity index (χ3n) is 10.2. The molecule has 5 aromatic rings. The maximum atomic E-state index is 14.6. The zero-order valence-electron chi connectivity index (χ0n) is 32.4. The van der Waals surface area contributed by atoms with E-state index in [1.165, 1.54) is 16.7 Å². The Hall–Kier alpha value is -5.48. The number of carbonyl (C=O) groups excluding carboxylic acids is 4. The number of aromatic amines is 1. The highest BCUT2D eigenvalue weighted by molar-refractivity contribution is 7.99. The summed E-state index contributed by atoms with van der Waals surface area (Å²) in [5.74, 6) is -1.45. The number of rotatable bonds is 11. The van der Waals surface area contributed by atoms with Crippen LogP contribution in [0.3, 0.4) is 0 Å². The zero-order valence-corrected chi connectivity index (χ0v) is 34.0. The lowest BCUT2D eigenvalue weighted by atomic mass is 10.0. The highest BCUT2D eigenvalue weighted by atomic mass is 35.5. The Morgan fingerprint density at radius 1 is 0.948 bits per heavy atom. The van der Waals surface area contributed by atoms with Crippen molar-refractivity contribution in [2.75, 3.05) is 20.7 Å². The molecular formula is C42H48ClN9O5S. The van der Waals surface area contributed by atoms with E-state index in [2.05, 4.69) is 30.9 Å². The second-order valence-corrected chi connectivity index (χ2v) is 15.5. The number of primary amides is 1. The Balaban J connectivity index is 1.46. The monoisotopic (exact) mass is 825 g/mol. The predicted molar refractivity (Wildman–Crippen MR) is 224 cm³/mol. The second kappa shape index (κ2) is 19.8. The number of aromatic nitrogens is 3. The van der Waals surface area contributed by atoms with Gasteiger partial charge < -0.3 is 42.0 Å². The molecular weight excluding hydrogens is 778 g/mol. The third kappa shape index (κ3) is 10.3. The van der Waals surface area contributed by atoms with E-state index in [9.17, 15) is 19.2 Å². The minimum atomic E-state index is -0.986. The zero-order chi connectivity index (χ0) is 41.2. The number of fused-ring (bicyclic) bond motifs is 3. The molecule has 0 saturated heterocycles. The van der Waals surface area contributed by atoms with E-state index in [-0.39, 0.29) is 38.8 Å². The molecule has 3 atom stereocenters. The number of amides is 4. The minimum Gasteiger partial charge on any atom is -0.481 e. The maximum Gasteiger partial charge on any atom is 0.245 e. The van der Waals surface area contributed by atoms with Gasteiger partial charge in [-0.25, -0.2) is 9.97 Å². The Morgan fingerprint density at radius 3 is 2.57 bits per heavy atom. The molecule has 304 valence electrons. The van der Waals surface area contributed by atoms with Gasteiger partial charge in [0.05, 0.1) is 18.2 Å². The van der Waals surface area contributed by atoms with Crippen molar-refractivity contribution >= 4 is 57.9 Å². The number of benzene rings is 2. The SMILES string of the molecule is COc1cc(-c2cc(Cl)c3c(c2)CNC(=O)[C@H](Cc2c[nH]c4ccccc24)N(C)C(=O)[C@H](CCCCN)NC(=O)[C@H](CCC(N)=O)NCc2cccnc2S3)ccn1. The van der Waals surface area contributed by atoms with Gasteiger partial charge in [-0.05, 0) is 90.4 Å². The first-order chi connectivity index (χ1) is 28.1. The molecule has 1 aliphatic rings. The lowest BCUT2D eigenvalue weighted by Crippen LogP contribution is -2.57. The Labute approximate surface area is 346 Å². The summed E-state index contributed by atoms with van der Waals surface area (Å²) in [6.07, 6.45) is 6.84. The van der Waals surface area contributed by atoms with Gasteiger partial charge in [0.2, 0.25) is 29.5 Å². The average molecular weight is 826 g/mol. The number of ether oxygens (including phenoxy) is 1. The van der Waals surface area contributed by atoms with Crippen LogP contribution >= 0.6 is 23.4 Å². The van der Waals surface area contributed by atoms with Crippen LogP contribution in [0.5, 0.6) is 5.88 Å². The molecule has 0 radical (unpaired) electrons. The normalized spacial score (nSPS) is 18.2. The average Bonchev–Trinajstić information content (AvgIpc) is 3.64. The molecule has 0 spiro atoms. The van der Waals surface area contributed by atoms with E-state index < -0.39 is 41.8 Å². The van der Waals surface area contributed by atoms with Crippen LogP contribution in [-0.2, 0) is 38.7 Å². The first kappa shape index (κ1) is 42.1. The van der Waals surface area contributed by atoms with E-state index in [0.717, 1.165) is 33.2 Å². The Kier molecular flexibility index (Phi) is 14.4. The number of methoxy groups -OCH3 is 1. The molecule has 0 fully saturated rings. The van der Waals surface area contributed by atoms with Crippen LogP contribution in [0.25, 0.3) is 22.0 Å². The number of carbonyl (C=O) groups is 4. The summed E-state index contributed by atoms with van der Waals surface area (Å²) < 4.78 is 5.38. The number of nitrogens with one attached hydrogen (secondary N) is 4. The molecule has 6 rings (SSSR count). The molecule has 4 amide bonds. The number of nitrogens with two attached hydrogens (primary N) is 2. The van der Waals surface area contributed by atoms with Crippen molar-refractivity contribution in [3.8, 4) is 17.0 Å². The van der Waals surface area contributed by atoms with Gasteiger partial charge in [0.1, 0.15) is 17.1 Å². The molecule has 8 N–H and O–H groups in total.